The maximum atomic E-state index is 11.8. The van der Waals surface area contributed by atoms with E-state index in [1.54, 1.807) is 0 Å². The number of thiophene rings is 1. The number of halogens is 1. The molecule has 1 aliphatic rings. The van der Waals surface area contributed by atoms with Gasteiger partial charge in [-0.05, 0) is 32.0 Å². The van der Waals surface area contributed by atoms with E-state index in [2.05, 4.69) is 5.32 Å². The molecule has 0 spiro atoms. The summed E-state index contributed by atoms with van der Waals surface area (Å²) in [4.78, 5) is 12.9. The number of rotatable bonds is 4. The molecule has 5 heteroatoms. The van der Waals surface area contributed by atoms with Crippen molar-refractivity contribution in [2.75, 3.05) is 14.2 Å². The molecule has 0 aliphatic heterocycles. The average Bonchev–Trinajstić information content (AvgIpc) is 2.97. The maximum absolute atomic E-state index is 11.8. The molecule has 1 fully saturated rings. The van der Waals surface area contributed by atoms with Crippen LogP contribution < -0.4 is 5.32 Å². The molecule has 3 nitrogen and oxygen atoms in total. The smallest absolute Gasteiger partial charge is 0.313 e. The molecule has 88 valence electrons. The second-order valence-corrected chi connectivity index (χ2v) is 5.76. The lowest BCUT2D eigenvalue weighted by atomic mass is 9.95. The van der Waals surface area contributed by atoms with Crippen molar-refractivity contribution < 1.29 is 9.53 Å². The molecule has 1 heterocycles. The monoisotopic (exact) mass is 259 g/mol. The van der Waals surface area contributed by atoms with Crippen molar-refractivity contribution in [1.29, 1.82) is 0 Å². The second-order valence-electron chi connectivity index (χ2n) is 4.01. The zero-order valence-electron chi connectivity index (χ0n) is 9.25. The van der Waals surface area contributed by atoms with Crippen molar-refractivity contribution in [3.05, 3.63) is 21.3 Å². The van der Waals surface area contributed by atoms with Gasteiger partial charge in [-0.25, -0.2) is 0 Å². The highest BCUT2D eigenvalue weighted by atomic mass is 35.5. The first-order chi connectivity index (χ1) is 7.64. The van der Waals surface area contributed by atoms with Gasteiger partial charge in [0, 0.05) is 4.88 Å². The van der Waals surface area contributed by atoms with Crippen molar-refractivity contribution in [1.82, 2.24) is 5.32 Å². The predicted octanol–water partition coefficient (Wildman–Crippen LogP) is 2.62. The number of esters is 1. The molecule has 1 aliphatic carbocycles. The van der Waals surface area contributed by atoms with Crippen LogP contribution in [0.4, 0.5) is 0 Å². The molecule has 0 saturated heterocycles. The fraction of sp³-hybridized carbons (Fsp3) is 0.545. The van der Waals surface area contributed by atoms with E-state index in [9.17, 15) is 4.79 Å². The van der Waals surface area contributed by atoms with Gasteiger partial charge in [-0.1, -0.05) is 11.6 Å². The number of carbonyl (C=O) groups is 1. The second kappa shape index (κ2) is 4.35. The van der Waals surface area contributed by atoms with Crippen LogP contribution in [0, 0.1) is 5.41 Å². The predicted molar refractivity (Wildman–Crippen MR) is 64.8 cm³/mol. The van der Waals surface area contributed by atoms with Gasteiger partial charge in [0.05, 0.1) is 22.9 Å². The Morgan fingerprint density at radius 3 is 2.69 bits per heavy atom. The Balaban J connectivity index is 2.26. The summed E-state index contributed by atoms with van der Waals surface area (Å²) in [6.45, 7) is 0. The summed E-state index contributed by atoms with van der Waals surface area (Å²) in [6.07, 6.45) is 1.75. The van der Waals surface area contributed by atoms with E-state index in [0.717, 1.165) is 22.1 Å². The molecule has 1 N–H and O–H groups in total. The lowest BCUT2D eigenvalue weighted by Crippen LogP contribution is -2.32. The van der Waals surface area contributed by atoms with Gasteiger partial charge in [0.25, 0.3) is 0 Å². The number of hydrogen-bond acceptors (Lipinski definition) is 4. The molecule has 1 aromatic rings. The standard InChI is InChI=1S/C11H14ClNO2S/c1-13-9(7-3-4-8(12)16-7)11(5-6-11)10(14)15-2/h3-4,9,13H,5-6H2,1-2H3. The Kier molecular flexibility index (Phi) is 3.24. The Labute approximate surface area is 104 Å². The van der Waals surface area contributed by atoms with E-state index in [1.165, 1.54) is 18.4 Å². The molecule has 0 aromatic carbocycles. The number of hydrogen-bond donors (Lipinski definition) is 1. The van der Waals surface area contributed by atoms with Crippen LogP contribution in [0.1, 0.15) is 23.8 Å². The van der Waals surface area contributed by atoms with Crippen LogP contribution in [-0.4, -0.2) is 20.1 Å². The van der Waals surface area contributed by atoms with E-state index < -0.39 is 0 Å². The number of ether oxygens (including phenoxy) is 1. The van der Waals surface area contributed by atoms with Crippen LogP contribution in [0.5, 0.6) is 0 Å². The summed E-state index contributed by atoms with van der Waals surface area (Å²) >= 11 is 7.43. The lowest BCUT2D eigenvalue weighted by molar-refractivity contribution is -0.148. The highest BCUT2D eigenvalue weighted by Gasteiger charge is 2.57. The third kappa shape index (κ3) is 1.85. The lowest BCUT2D eigenvalue weighted by Gasteiger charge is -2.23. The zero-order valence-corrected chi connectivity index (χ0v) is 10.8. The minimum atomic E-state index is -0.377. The van der Waals surface area contributed by atoms with Gasteiger partial charge in [-0.2, -0.15) is 0 Å². The van der Waals surface area contributed by atoms with E-state index in [-0.39, 0.29) is 17.4 Å². The third-order valence-corrected chi connectivity index (χ3v) is 4.40. The fourth-order valence-corrected chi connectivity index (χ4v) is 3.41. The Morgan fingerprint density at radius 1 is 1.62 bits per heavy atom. The first kappa shape index (κ1) is 11.9. The largest absolute Gasteiger partial charge is 0.469 e. The molecule has 16 heavy (non-hydrogen) atoms. The fourth-order valence-electron chi connectivity index (χ4n) is 2.12. The molecular formula is C11H14ClNO2S. The molecule has 1 saturated carbocycles. The van der Waals surface area contributed by atoms with Crippen molar-refractivity contribution in [2.45, 2.75) is 18.9 Å². The van der Waals surface area contributed by atoms with Gasteiger partial charge in [0.15, 0.2) is 0 Å². The molecular weight excluding hydrogens is 246 g/mol. The third-order valence-electron chi connectivity index (χ3n) is 3.10. The van der Waals surface area contributed by atoms with Gasteiger partial charge >= 0.3 is 5.97 Å². The number of carbonyl (C=O) groups excluding carboxylic acids is 1. The minimum Gasteiger partial charge on any atom is -0.469 e. The molecule has 1 unspecified atom stereocenters. The van der Waals surface area contributed by atoms with Crippen LogP contribution in [0.3, 0.4) is 0 Å². The van der Waals surface area contributed by atoms with Gasteiger partial charge in [0.1, 0.15) is 0 Å². The average molecular weight is 260 g/mol. The van der Waals surface area contributed by atoms with Crippen molar-refractivity contribution in [2.24, 2.45) is 5.41 Å². The summed E-state index contributed by atoms with van der Waals surface area (Å²) < 4.78 is 5.63. The van der Waals surface area contributed by atoms with Gasteiger partial charge in [0.2, 0.25) is 0 Å². The maximum Gasteiger partial charge on any atom is 0.313 e. The topological polar surface area (TPSA) is 38.3 Å². The quantitative estimate of drug-likeness (QED) is 0.845. The number of nitrogens with one attached hydrogen (secondary N) is 1. The van der Waals surface area contributed by atoms with Crippen LogP contribution in [0.25, 0.3) is 0 Å². The van der Waals surface area contributed by atoms with E-state index in [1.807, 2.05) is 19.2 Å². The highest BCUT2D eigenvalue weighted by Crippen LogP contribution is 2.56. The van der Waals surface area contributed by atoms with Crippen molar-refractivity contribution in [3.8, 4) is 0 Å². The van der Waals surface area contributed by atoms with E-state index in [4.69, 9.17) is 16.3 Å². The van der Waals surface area contributed by atoms with Crippen LogP contribution in [-0.2, 0) is 9.53 Å². The van der Waals surface area contributed by atoms with E-state index in [0.29, 0.717) is 0 Å². The van der Waals surface area contributed by atoms with E-state index >= 15 is 0 Å². The number of methoxy groups -OCH3 is 1. The molecule has 1 atom stereocenters. The normalized spacial score (nSPS) is 19.2. The van der Waals surface area contributed by atoms with Gasteiger partial charge in [-0.15, -0.1) is 11.3 Å². The first-order valence-electron chi connectivity index (χ1n) is 5.15. The zero-order chi connectivity index (χ0) is 11.8. The van der Waals surface area contributed by atoms with Crippen molar-refractivity contribution >= 4 is 28.9 Å². The summed E-state index contributed by atoms with van der Waals surface area (Å²) in [6, 6.07) is 3.84. The van der Waals surface area contributed by atoms with Crippen LogP contribution in [0.15, 0.2) is 12.1 Å². The molecule has 0 amide bonds. The molecule has 0 radical (unpaired) electrons. The summed E-state index contributed by atoms with van der Waals surface area (Å²) in [5.74, 6) is -0.128. The van der Waals surface area contributed by atoms with Gasteiger partial charge < -0.3 is 10.1 Å². The van der Waals surface area contributed by atoms with Crippen molar-refractivity contribution in [3.63, 3.8) is 0 Å². The Bertz CT molecular complexity index is 400. The van der Waals surface area contributed by atoms with Crippen LogP contribution in [0.2, 0.25) is 4.34 Å². The SMILES string of the molecule is CNC(c1ccc(Cl)s1)C1(C(=O)OC)CC1. The van der Waals surface area contributed by atoms with Gasteiger partial charge in [-0.3, -0.25) is 4.79 Å². The Morgan fingerprint density at radius 2 is 2.31 bits per heavy atom. The molecule has 0 bridgehead atoms. The molecule has 1 aromatic heterocycles. The minimum absolute atomic E-state index is 0.0115. The van der Waals surface area contributed by atoms with Crippen LogP contribution >= 0.6 is 22.9 Å². The highest BCUT2D eigenvalue weighted by molar-refractivity contribution is 7.16. The Hall–Kier alpha value is -0.580. The first-order valence-corrected chi connectivity index (χ1v) is 6.34. The summed E-state index contributed by atoms with van der Waals surface area (Å²) in [7, 11) is 3.30. The summed E-state index contributed by atoms with van der Waals surface area (Å²) in [5.41, 5.74) is -0.377. The summed E-state index contributed by atoms with van der Waals surface area (Å²) in [5, 5.41) is 3.20. The molecule has 2 rings (SSSR count).